The highest BCUT2D eigenvalue weighted by Gasteiger charge is 2.30. The van der Waals surface area contributed by atoms with Crippen molar-refractivity contribution < 1.29 is 9.47 Å². The number of anilines is 1. The van der Waals surface area contributed by atoms with Crippen LogP contribution in [0.25, 0.3) is 0 Å². The first-order chi connectivity index (χ1) is 11.5. The predicted octanol–water partition coefficient (Wildman–Crippen LogP) is 3.54. The summed E-state index contributed by atoms with van der Waals surface area (Å²) in [4.78, 5) is 8.78. The molecule has 0 bridgehead atoms. The molecule has 124 valence electrons. The lowest BCUT2D eigenvalue weighted by Crippen LogP contribution is -2.34. The Morgan fingerprint density at radius 2 is 1.67 bits per heavy atom. The van der Waals surface area contributed by atoms with Crippen LogP contribution in [0.15, 0.2) is 51.9 Å². The molecule has 1 unspecified atom stereocenters. The van der Waals surface area contributed by atoms with Crippen LogP contribution in [0.4, 0.5) is 5.69 Å². The summed E-state index contributed by atoms with van der Waals surface area (Å²) < 4.78 is 10.8. The Morgan fingerprint density at radius 3 is 2.29 bits per heavy atom. The summed E-state index contributed by atoms with van der Waals surface area (Å²) in [5.74, 6) is 1.87. The molecular weight excluding hydrogens is 322 g/mol. The number of aryl methyl sites for hydroxylation is 2. The minimum absolute atomic E-state index is 0.147. The van der Waals surface area contributed by atoms with Crippen LogP contribution in [0.1, 0.15) is 11.1 Å². The third kappa shape index (κ3) is 3.23. The minimum atomic E-state index is -0.147. The van der Waals surface area contributed by atoms with Crippen LogP contribution in [0, 0.1) is 19.8 Å². The molecule has 0 saturated carbocycles. The summed E-state index contributed by atoms with van der Waals surface area (Å²) in [7, 11) is 3.21. The third-order valence-electron chi connectivity index (χ3n) is 3.83. The van der Waals surface area contributed by atoms with Crippen molar-refractivity contribution in [2.75, 3.05) is 19.5 Å². The van der Waals surface area contributed by atoms with E-state index < -0.39 is 0 Å². The van der Waals surface area contributed by atoms with E-state index in [1.807, 2.05) is 12.2 Å². The van der Waals surface area contributed by atoms with Crippen molar-refractivity contribution in [3.8, 4) is 0 Å². The van der Waals surface area contributed by atoms with Crippen molar-refractivity contribution in [2.24, 2.45) is 15.9 Å². The molecule has 6 heteroatoms. The number of hydrogen-bond donors (Lipinski definition) is 1. The van der Waals surface area contributed by atoms with E-state index >= 15 is 0 Å². The quantitative estimate of drug-likeness (QED) is 0.855. The molecule has 1 heterocycles. The summed E-state index contributed by atoms with van der Waals surface area (Å²) in [6.07, 6.45) is 3.78. The van der Waals surface area contributed by atoms with E-state index in [1.165, 1.54) is 11.1 Å². The molecule has 0 saturated heterocycles. The molecule has 3 rings (SSSR count). The summed E-state index contributed by atoms with van der Waals surface area (Å²) >= 11 is 5.21. The van der Waals surface area contributed by atoms with E-state index in [-0.39, 0.29) is 5.92 Å². The molecule has 1 N–H and O–H groups in total. The molecule has 2 aliphatic rings. The van der Waals surface area contributed by atoms with Crippen molar-refractivity contribution >= 4 is 34.6 Å². The Labute approximate surface area is 146 Å². The van der Waals surface area contributed by atoms with Gasteiger partial charge in [-0.15, -0.1) is 0 Å². The summed E-state index contributed by atoms with van der Waals surface area (Å²) in [6, 6.07) is 6.27. The zero-order valence-corrected chi connectivity index (χ0v) is 14.9. The van der Waals surface area contributed by atoms with Crippen molar-refractivity contribution in [2.45, 2.75) is 13.8 Å². The summed E-state index contributed by atoms with van der Waals surface area (Å²) in [5, 5.41) is 3.68. The van der Waals surface area contributed by atoms with Gasteiger partial charge in [0.05, 0.1) is 25.8 Å². The van der Waals surface area contributed by atoms with Crippen LogP contribution < -0.4 is 5.32 Å². The highest BCUT2D eigenvalue weighted by atomic mass is 32.1. The molecule has 24 heavy (non-hydrogen) atoms. The number of allylic oxidation sites excluding steroid dienone is 1. The number of thiocarbonyl (C=S) groups is 1. The fourth-order valence-corrected chi connectivity index (χ4v) is 3.08. The Kier molecular flexibility index (Phi) is 4.49. The van der Waals surface area contributed by atoms with Crippen molar-refractivity contribution in [1.29, 1.82) is 0 Å². The van der Waals surface area contributed by atoms with Gasteiger partial charge in [-0.05, 0) is 55.4 Å². The topological polar surface area (TPSA) is 55.2 Å². The van der Waals surface area contributed by atoms with Gasteiger partial charge in [-0.1, -0.05) is 6.07 Å². The number of rotatable bonds is 3. The van der Waals surface area contributed by atoms with Gasteiger partial charge in [-0.2, -0.15) is 0 Å². The molecule has 0 radical (unpaired) electrons. The number of amidine groups is 1. The highest BCUT2D eigenvalue weighted by molar-refractivity contribution is 7.80. The second kappa shape index (κ2) is 6.57. The lowest BCUT2D eigenvalue weighted by molar-refractivity contribution is 0.218. The van der Waals surface area contributed by atoms with Crippen LogP contribution in [0.2, 0.25) is 0 Å². The summed E-state index contributed by atoms with van der Waals surface area (Å²) in [6.45, 7) is 4.13. The van der Waals surface area contributed by atoms with E-state index in [1.54, 1.807) is 14.2 Å². The van der Waals surface area contributed by atoms with E-state index in [0.717, 1.165) is 17.2 Å². The fraction of sp³-hybridized carbons (Fsp3) is 0.278. The Hall–Kier alpha value is -2.47. The molecule has 1 aromatic carbocycles. The average Bonchev–Trinajstić information content (AvgIpc) is 2.52. The SMILES string of the molecule is COC1=CC2=NC(=S)N=C(Nc3cc(C)cc(C)c3)C2C=C1OC. The Balaban J connectivity index is 1.96. The van der Waals surface area contributed by atoms with Gasteiger partial charge in [0.25, 0.3) is 0 Å². The maximum atomic E-state index is 5.40. The third-order valence-corrected chi connectivity index (χ3v) is 4.01. The average molecular weight is 341 g/mol. The zero-order valence-electron chi connectivity index (χ0n) is 14.1. The number of nitrogens with zero attached hydrogens (tertiary/aromatic N) is 2. The molecule has 1 aliphatic heterocycles. The number of ether oxygens (including phenoxy) is 2. The normalized spacial score (nSPS) is 19.5. The molecule has 1 aromatic rings. The standard InChI is InChI=1S/C18H19N3O2S/c1-10-5-11(2)7-12(6-10)19-17-13-8-15(22-3)16(23-4)9-14(13)20-18(24)21-17/h5-9,13H,1-4H3,(H,19,21,24). The molecule has 0 amide bonds. The number of nitrogens with one attached hydrogen (secondary N) is 1. The smallest absolute Gasteiger partial charge is 0.221 e. The van der Waals surface area contributed by atoms with E-state index in [0.29, 0.717) is 16.6 Å². The van der Waals surface area contributed by atoms with Crippen molar-refractivity contribution in [1.82, 2.24) is 0 Å². The van der Waals surface area contributed by atoms with Crippen LogP contribution in [-0.2, 0) is 9.47 Å². The minimum Gasteiger partial charge on any atom is -0.493 e. The molecule has 0 fully saturated rings. The molecule has 5 nitrogen and oxygen atoms in total. The van der Waals surface area contributed by atoms with Crippen LogP contribution in [-0.4, -0.2) is 30.9 Å². The van der Waals surface area contributed by atoms with Gasteiger partial charge < -0.3 is 14.8 Å². The lowest BCUT2D eigenvalue weighted by atomic mass is 9.94. The van der Waals surface area contributed by atoms with E-state index in [9.17, 15) is 0 Å². The number of aliphatic imine (C=N–C) groups is 2. The molecule has 0 spiro atoms. The predicted molar refractivity (Wildman–Crippen MR) is 101 cm³/mol. The van der Waals surface area contributed by atoms with Crippen LogP contribution in [0.5, 0.6) is 0 Å². The zero-order chi connectivity index (χ0) is 17.3. The molecule has 1 atom stereocenters. The Bertz CT molecular complexity index is 801. The lowest BCUT2D eigenvalue weighted by Gasteiger charge is -2.26. The van der Waals surface area contributed by atoms with Crippen molar-refractivity contribution in [3.63, 3.8) is 0 Å². The second-order valence-corrected chi connectivity index (χ2v) is 6.11. The first-order valence-electron chi connectivity index (χ1n) is 7.58. The first kappa shape index (κ1) is 16.4. The maximum Gasteiger partial charge on any atom is 0.221 e. The maximum absolute atomic E-state index is 5.40. The van der Waals surface area contributed by atoms with E-state index in [2.05, 4.69) is 47.3 Å². The summed E-state index contributed by atoms with van der Waals surface area (Å²) in [5.41, 5.74) is 4.14. The first-order valence-corrected chi connectivity index (χ1v) is 7.99. The molecular formula is C18H19N3O2S. The van der Waals surface area contributed by atoms with Crippen LogP contribution in [0.3, 0.4) is 0 Å². The number of hydrogen-bond acceptors (Lipinski definition) is 4. The number of benzene rings is 1. The van der Waals surface area contributed by atoms with Gasteiger partial charge in [0, 0.05) is 11.8 Å². The largest absolute Gasteiger partial charge is 0.493 e. The number of methoxy groups -OCH3 is 2. The Morgan fingerprint density at radius 1 is 1.00 bits per heavy atom. The molecule has 0 aromatic heterocycles. The van der Waals surface area contributed by atoms with Gasteiger partial charge in [0.1, 0.15) is 5.84 Å². The van der Waals surface area contributed by atoms with Gasteiger partial charge in [-0.3, -0.25) is 0 Å². The van der Waals surface area contributed by atoms with Crippen molar-refractivity contribution in [3.05, 3.63) is 53.0 Å². The van der Waals surface area contributed by atoms with Gasteiger partial charge >= 0.3 is 0 Å². The van der Waals surface area contributed by atoms with Gasteiger partial charge in [0.15, 0.2) is 11.5 Å². The highest BCUT2D eigenvalue weighted by Crippen LogP contribution is 2.27. The number of fused-ring (bicyclic) bond motifs is 1. The van der Waals surface area contributed by atoms with Gasteiger partial charge in [-0.25, -0.2) is 9.98 Å². The fourth-order valence-electron chi connectivity index (χ4n) is 2.87. The molecule has 1 aliphatic carbocycles. The van der Waals surface area contributed by atoms with Gasteiger partial charge in [0.2, 0.25) is 5.11 Å². The van der Waals surface area contributed by atoms with E-state index in [4.69, 9.17) is 21.7 Å². The monoisotopic (exact) mass is 341 g/mol. The van der Waals surface area contributed by atoms with Crippen LogP contribution >= 0.6 is 12.2 Å². The second-order valence-electron chi connectivity index (χ2n) is 5.74.